The third-order valence-electron chi connectivity index (χ3n) is 3.03. The van der Waals surface area contributed by atoms with Crippen LogP contribution in [0.1, 0.15) is 37.6 Å². The van der Waals surface area contributed by atoms with Crippen LogP contribution in [0, 0.1) is 0 Å². The van der Waals surface area contributed by atoms with Gasteiger partial charge >= 0.3 is 0 Å². The zero-order valence-corrected chi connectivity index (χ0v) is 10.1. The van der Waals surface area contributed by atoms with Gasteiger partial charge in [0, 0.05) is 18.1 Å². The maximum absolute atomic E-state index is 4.47. The summed E-state index contributed by atoms with van der Waals surface area (Å²) >= 11 is 1.77. The summed E-state index contributed by atoms with van der Waals surface area (Å²) in [7, 11) is 0. The highest BCUT2D eigenvalue weighted by molar-refractivity contribution is 7.09. The van der Waals surface area contributed by atoms with Crippen molar-refractivity contribution in [1.29, 1.82) is 0 Å². The minimum atomic E-state index is 0.146. The number of aromatic nitrogens is 1. The molecule has 1 heterocycles. The van der Waals surface area contributed by atoms with Gasteiger partial charge in [-0.1, -0.05) is 25.0 Å². The van der Waals surface area contributed by atoms with Gasteiger partial charge in [-0.2, -0.15) is 0 Å². The Kier molecular flexibility index (Phi) is 3.22. The van der Waals surface area contributed by atoms with Crippen LogP contribution in [-0.2, 0) is 5.54 Å². The van der Waals surface area contributed by atoms with Crippen molar-refractivity contribution in [3.8, 4) is 0 Å². The standard InChI is InChI=1S/C12H18N2S/c1-10(2)9-14-12(5-3-4-6-12)11-13-7-8-15-11/h7-8,14H,1,3-6,9H2,2H3. The summed E-state index contributed by atoms with van der Waals surface area (Å²) in [4.78, 5) is 4.47. The van der Waals surface area contributed by atoms with E-state index in [1.165, 1.54) is 36.3 Å². The van der Waals surface area contributed by atoms with Crippen LogP contribution in [-0.4, -0.2) is 11.5 Å². The fourth-order valence-corrected chi connectivity index (χ4v) is 3.10. The van der Waals surface area contributed by atoms with Crippen LogP contribution in [0.2, 0.25) is 0 Å². The lowest BCUT2D eigenvalue weighted by molar-refractivity contribution is 0.353. The fourth-order valence-electron chi connectivity index (χ4n) is 2.22. The van der Waals surface area contributed by atoms with Crippen LogP contribution in [0.25, 0.3) is 0 Å². The number of hydrogen-bond acceptors (Lipinski definition) is 3. The summed E-state index contributed by atoms with van der Waals surface area (Å²) in [5.41, 5.74) is 1.34. The first kappa shape index (κ1) is 10.8. The Morgan fingerprint density at radius 3 is 2.87 bits per heavy atom. The summed E-state index contributed by atoms with van der Waals surface area (Å²) in [5.74, 6) is 0. The van der Waals surface area contributed by atoms with Gasteiger partial charge in [0.2, 0.25) is 0 Å². The Bertz CT molecular complexity index is 323. The summed E-state index contributed by atoms with van der Waals surface area (Å²) in [6.45, 7) is 6.92. The van der Waals surface area contributed by atoms with E-state index in [1.807, 2.05) is 6.20 Å². The predicted octanol–water partition coefficient (Wildman–Crippen LogP) is 3.08. The highest BCUT2D eigenvalue weighted by Crippen LogP contribution is 2.39. The molecule has 1 aliphatic carbocycles. The quantitative estimate of drug-likeness (QED) is 0.792. The van der Waals surface area contributed by atoms with Crippen LogP contribution in [0.5, 0.6) is 0 Å². The van der Waals surface area contributed by atoms with Gasteiger partial charge < -0.3 is 5.32 Å². The van der Waals surface area contributed by atoms with Crippen LogP contribution in [0.4, 0.5) is 0 Å². The molecule has 1 aliphatic rings. The minimum absolute atomic E-state index is 0.146. The van der Waals surface area contributed by atoms with Crippen molar-refractivity contribution >= 4 is 11.3 Å². The SMILES string of the molecule is C=C(C)CNC1(c2nccs2)CCCC1. The Hall–Kier alpha value is -0.670. The molecule has 0 aliphatic heterocycles. The van der Waals surface area contributed by atoms with E-state index in [0.717, 1.165) is 6.54 Å². The van der Waals surface area contributed by atoms with Gasteiger partial charge in [-0.05, 0) is 19.8 Å². The molecule has 15 heavy (non-hydrogen) atoms. The third-order valence-corrected chi connectivity index (χ3v) is 4.00. The molecule has 0 unspecified atom stereocenters. The normalized spacial score (nSPS) is 19.3. The van der Waals surface area contributed by atoms with Gasteiger partial charge in [0.25, 0.3) is 0 Å². The lowest BCUT2D eigenvalue weighted by Crippen LogP contribution is -2.40. The van der Waals surface area contributed by atoms with Gasteiger partial charge in [-0.3, -0.25) is 0 Å². The number of thiazole rings is 1. The average Bonchev–Trinajstić information content (AvgIpc) is 2.86. The highest BCUT2D eigenvalue weighted by Gasteiger charge is 2.37. The van der Waals surface area contributed by atoms with Gasteiger partial charge in [0.1, 0.15) is 5.01 Å². The molecule has 2 rings (SSSR count). The Morgan fingerprint density at radius 2 is 2.33 bits per heavy atom. The zero-order valence-electron chi connectivity index (χ0n) is 9.25. The molecule has 1 N–H and O–H groups in total. The number of hydrogen-bond donors (Lipinski definition) is 1. The summed E-state index contributed by atoms with van der Waals surface area (Å²) < 4.78 is 0. The van der Waals surface area contributed by atoms with E-state index in [1.54, 1.807) is 11.3 Å². The average molecular weight is 222 g/mol. The van der Waals surface area contributed by atoms with Crippen molar-refractivity contribution < 1.29 is 0 Å². The van der Waals surface area contributed by atoms with E-state index in [2.05, 4.69) is 29.2 Å². The number of nitrogens with zero attached hydrogens (tertiary/aromatic N) is 1. The minimum Gasteiger partial charge on any atom is -0.302 e. The summed E-state index contributed by atoms with van der Waals surface area (Å²) in [6.07, 6.45) is 6.95. The van der Waals surface area contributed by atoms with E-state index >= 15 is 0 Å². The second-order valence-corrected chi connectivity index (χ2v) is 5.33. The molecule has 0 radical (unpaired) electrons. The zero-order chi connectivity index (χ0) is 10.7. The molecule has 0 bridgehead atoms. The van der Waals surface area contributed by atoms with Gasteiger partial charge in [-0.25, -0.2) is 4.98 Å². The molecule has 0 aromatic carbocycles. The molecule has 0 atom stereocenters. The fraction of sp³-hybridized carbons (Fsp3) is 0.583. The van der Waals surface area contributed by atoms with Crippen molar-refractivity contribution in [2.45, 2.75) is 38.1 Å². The Labute approximate surface area is 95.4 Å². The monoisotopic (exact) mass is 222 g/mol. The molecule has 1 aromatic heterocycles. The molecule has 1 saturated carbocycles. The van der Waals surface area contributed by atoms with E-state index < -0.39 is 0 Å². The van der Waals surface area contributed by atoms with Crippen molar-refractivity contribution in [2.75, 3.05) is 6.54 Å². The maximum atomic E-state index is 4.47. The molecule has 0 amide bonds. The van der Waals surface area contributed by atoms with Gasteiger partial charge in [-0.15, -0.1) is 11.3 Å². The third kappa shape index (κ3) is 2.29. The van der Waals surface area contributed by atoms with Crippen molar-refractivity contribution in [3.05, 3.63) is 28.7 Å². The lowest BCUT2D eigenvalue weighted by Gasteiger charge is -2.28. The van der Waals surface area contributed by atoms with Crippen molar-refractivity contribution in [2.24, 2.45) is 0 Å². The van der Waals surface area contributed by atoms with Crippen LogP contribution < -0.4 is 5.32 Å². The van der Waals surface area contributed by atoms with Gasteiger partial charge in [0.05, 0.1) is 5.54 Å². The highest BCUT2D eigenvalue weighted by atomic mass is 32.1. The largest absolute Gasteiger partial charge is 0.302 e. The first-order valence-electron chi connectivity index (χ1n) is 5.52. The molecule has 82 valence electrons. The predicted molar refractivity (Wildman–Crippen MR) is 65.1 cm³/mol. The van der Waals surface area contributed by atoms with Crippen molar-refractivity contribution in [1.82, 2.24) is 10.3 Å². The molecular formula is C12H18N2S. The van der Waals surface area contributed by atoms with E-state index in [4.69, 9.17) is 0 Å². The Morgan fingerprint density at radius 1 is 1.60 bits per heavy atom. The molecule has 3 heteroatoms. The lowest BCUT2D eigenvalue weighted by atomic mass is 9.98. The summed E-state index contributed by atoms with van der Waals surface area (Å²) in [6, 6.07) is 0. The number of rotatable bonds is 4. The second-order valence-electron chi connectivity index (χ2n) is 4.44. The van der Waals surface area contributed by atoms with E-state index in [0.29, 0.717) is 0 Å². The van der Waals surface area contributed by atoms with Crippen LogP contribution in [0.3, 0.4) is 0 Å². The molecule has 2 nitrogen and oxygen atoms in total. The topological polar surface area (TPSA) is 24.9 Å². The van der Waals surface area contributed by atoms with Crippen LogP contribution in [0.15, 0.2) is 23.7 Å². The maximum Gasteiger partial charge on any atom is 0.113 e. The molecule has 1 fully saturated rings. The van der Waals surface area contributed by atoms with Crippen molar-refractivity contribution in [3.63, 3.8) is 0 Å². The first-order chi connectivity index (χ1) is 7.23. The Balaban J connectivity index is 2.14. The summed E-state index contributed by atoms with van der Waals surface area (Å²) in [5, 5.41) is 6.96. The molecular weight excluding hydrogens is 204 g/mol. The smallest absolute Gasteiger partial charge is 0.113 e. The molecule has 0 spiro atoms. The van der Waals surface area contributed by atoms with E-state index in [-0.39, 0.29) is 5.54 Å². The first-order valence-corrected chi connectivity index (χ1v) is 6.40. The van der Waals surface area contributed by atoms with E-state index in [9.17, 15) is 0 Å². The van der Waals surface area contributed by atoms with Crippen LogP contribution >= 0.6 is 11.3 Å². The molecule has 0 saturated heterocycles. The molecule has 1 aromatic rings. The number of nitrogens with one attached hydrogen (secondary N) is 1. The van der Waals surface area contributed by atoms with Gasteiger partial charge in [0.15, 0.2) is 0 Å². The second kappa shape index (κ2) is 4.45.